The van der Waals surface area contributed by atoms with E-state index < -0.39 is 0 Å². The SMILES string of the molecule is CCC(C)(C)c1cc2oc3c(c2cc1C(C)(C)C)B1c2ccc(C)cc2N(c2cccc(C)c2)c2cc(C4C=CC(N(C5=CCC(C)C=C5)C5C=CCC5)=CC4)cc(c21)N3c1ccc(C(C)(C)C)cc1. The maximum Gasteiger partial charge on any atom is 0.257 e. The number of anilines is 6. The fourth-order valence-electron chi connectivity index (χ4n) is 12.0. The van der Waals surface area contributed by atoms with Gasteiger partial charge in [-0.1, -0.05) is 142 Å². The van der Waals surface area contributed by atoms with Gasteiger partial charge in [0.1, 0.15) is 5.58 Å². The number of hydrogen-bond acceptors (Lipinski definition) is 4. The van der Waals surface area contributed by atoms with Crippen LogP contribution in [0.4, 0.5) is 34.3 Å². The van der Waals surface area contributed by atoms with Gasteiger partial charge >= 0.3 is 0 Å². The Balaban J connectivity index is 1.17. The molecular formula is C65H72BN3O. The fourth-order valence-corrected chi connectivity index (χ4v) is 12.0. The van der Waals surface area contributed by atoms with E-state index in [0.717, 1.165) is 49.3 Å². The molecule has 5 heteroatoms. The predicted molar refractivity (Wildman–Crippen MR) is 300 cm³/mol. The Hall–Kier alpha value is -6.20. The molecule has 3 unspecified atom stereocenters. The van der Waals surface area contributed by atoms with Gasteiger partial charge in [-0.15, -0.1) is 0 Å². The van der Waals surface area contributed by atoms with E-state index in [0.29, 0.717) is 12.0 Å². The molecule has 5 aromatic carbocycles. The molecule has 0 fully saturated rings. The molecule has 0 spiro atoms. The first-order chi connectivity index (χ1) is 33.4. The van der Waals surface area contributed by atoms with E-state index in [2.05, 4.69) is 237 Å². The Morgan fingerprint density at radius 3 is 2.01 bits per heavy atom. The van der Waals surface area contributed by atoms with E-state index in [1.54, 1.807) is 0 Å². The Morgan fingerprint density at radius 1 is 0.671 bits per heavy atom. The first kappa shape index (κ1) is 46.2. The second-order valence-corrected chi connectivity index (χ2v) is 24.0. The van der Waals surface area contributed by atoms with Gasteiger partial charge in [0.25, 0.3) is 6.71 Å². The summed E-state index contributed by atoms with van der Waals surface area (Å²) in [7, 11) is 0. The van der Waals surface area contributed by atoms with Crippen molar-refractivity contribution in [1.82, 2.24) is 4.90 Å². The molecule has 0 saturated carbocycles. The number of nitrogens with zero attached hydrogens (tertiary/aromatic N) is 3. The molecule has 0 bridgehead atoms. The van der Waals surface area contributed by atoms with Gasteiger partial charge in [-0.2, -0.15) is 0 Å². The first-order valence-corrected chi connectivity index (χ1v) is 26.3. The molecule has 11 rings (SSSR count). The van der Waals surface area contributed by atoms with Crippen molar-refractivity contribution in [2.24, 2.45) is 5.92 Å². The van der Waals surface area contributed by atoms with E-state index in [-0.39, 0.29) is 28.9 Å². The lowest BCUT2D eigenvalue weighted by Crippen LogP contribution is -2.61. The fraction of sp³-hybridized carbons (Fsp3) is 0.354. The van der Waals surface area contributed by atoms with Crippen LogP contribution in [0, 0.1) is 19.8 Å². The lowest BCUT2D eigenvalue weighted by molar-refractivity contribution is 0.370. The number of aryl methyl sites for hydroxylation is 2. The Labute approximate surface area is 419 Å². The highest BCUT2D eigenvalue weighted by molar-refractivity contribution is 7.01. The van der Waals surface area contributed by atoms with Crippen LogP contribution in [0.1, 0.15) is 141 Å². The van der Waals surface area contributed by atoms with Crippen molar-refractivity contribution in [3.05, 3.63) is 184 Å². The van der Waals surface area contributed by atoms with Gasteiger partial charge in [-0.3, -0.25) is 4.90 Å². The molecule has 6 aromatic rings. The van der Waals surface area contributed by atoms with Crippen LogP contribution < -0.4 is 26.2 Å². The van der Waals surface area contributed by atoms with Gasteiger partial charge in [0.2, 0.25) is 5.88 Å². The number of allylic oxidation sites excluding steroid dienone is 7. The van der Waals surface area contributed by atoms with E-state index in [9.17, 15) is 0 Å². The molecule has 356 valence electrons. The normalized spacial score (nSPS) is 19.6. The Kier molecular flexibility index (Phi) is 11.2. The van der Waals surface area contributed by atoms with Crippen LogP contribution in [0.15, 0.2) is 155 Å². The minimum atomic E-state index is -0.0753. The van der Waals surface area contributed by atoms with E-state index in [1.807, 2.05) is 0 Å². The van der Waals surface area contributed by atoms with Crippen molar-refractivity contribution in [3.63, 3.8) is 0 Å². The van der Waals surface area contributed by atoms with Crippen LogP contribution in [0.3, 0.4) is 0 Å². The van der Waals surface area contributed by atoms with E-state index in [1.165, 1.54) is 89.3 Å². The largest absolute Gasteiger partial charge is 0.440 e. The molecule has 3 aliphatic carbocycles. The van der Waals surface area contributed by atoms with Crippen LogP contribution in [0.25, 0.3) is 11.0 Å². The molecule has 0 N–H and O–H groups in total. The van der Waals surface area contributed by atoms with Crippen LogP contribution in [0.5, 0.6) is 0 Å². The summed E-state index contributed by atoms with van der Waals surface area (Å²) in [5.41, 5.74) is 21.2. The molecule has 3 heterocycles. The molecule has 3 atom stereocenters. The summed E-state index contributed by atoms with van der Waals surface area (Å²) in [6.45, 7) is 27.8. The topological polar surface area (TPSA) is 22.9 Å². The van der Waals surface area contributed by atoms with Gasteiger partial charge in [-0.05, 0) is 179 Å². The zero-order valence-corrected chi connectivity index (χ0v) is 43.9. The highest BCUT2D eigenvalue weighted by Gasteiger charge is 2.47. The van der Waals surface area contributed by atoms with Crippen molar-refractivity contribution in [2.45, 2.75) is 143 Å². The highest BCUT2D eigenvalue weighted by atomic mass is 16.4. The highest BCUT2D eigenvalue weighted by Crippen LogP contribution is 2.50. The molecule has 70 heavy (non-hydrogen) atoms. The number of benzene rings is 5. The molecule has 0 amide bonds. The lowest BCUT2D eigenvalue weighted by atomic mass is 9.33. The van der Waals surface area contributed by atoms with Crippen molar-refractivity contribution < 1.29 is 4.42 Å². The van der Waals surface area contributed by atoms with Crippen molar-refractivity contribution in [1.29, 1.82) is 0 Å². The van der Waals surface area contributed by atoms with Crippen LogP contribution >= 0.6 is 0 Å². The van der Waals surface area contributed by atoms with E-state index in [4.69, 9.17) is 4.42 Å². The van der Waals surface area contributed by atoms with E-state index >= 15 is 0 Å². The summed E-state index contributed by atoms with van der Waals surface area (Å²) in [6.07, 6.45) is 24.7. The number of fused-ring (bicyclic) bond motifs is 6. The van der Waals surface area contributed by atoms with Crippen LogP contribution in [-0.4, -0.2) is 17.7 Å². The van der Waals surface area contributed by atoms with Crippen molar-refractivity contribution >= 4 is 68.4 Å². The summed E-state index contributed by atoms with van der Waals surface area (Å²) < 4.78 is 7.53. The molecule has 1 aromatic heterocycles. The van der Waals surface area contributed by atoms with Crippen molar-refractivity contribution in [2.75, 3.05) is 9.80 Å². The van der Waals surface area contributed by atoms with Crippen LogP contribution in [0.2, 0.25) is 0 Å². The molecule has 0 saturated heterocycles. The number of hydrogen-bond donors (Lipinski definition) is 0. The molecule has 4 nitrogen and oxygen atoms in total. The maximum absolute atomic E-state index is 7.53. The second-order valence-electron chi connectivity index (χ2n) is 24.0. The smallest absolute Gasteiger partial charge is 0.257 e. The molecule has 5 aliphatic rings. The third-order valence-corrected chi connectivity index (χ3v) is 16.4. The van der Waals surface area contributed by atoms with Gasteiger partial charge in [0, 0.05) is 56.6 Å². The predicted octanol–water partition coefficient (Wildman–Crippen LogP) is 15.8. The monoisotopic (exact) mass is 922 g/mol. The third kappa shape index (κ3) is 7.83. The summed E-state index contributed by atoms with van der Waals surface area (Å²) in [5.74, 6) is 1.67. The van der Waals surface area contributed by atoms with Crippen molar-refractivity contribution in [3.8, 4) is 0 Å². The summed E-state index contributed by atoms with van der Waals surface area (Å²) in [4.78, 5) is 7.67. The van der Waals surface area contributed by atoms with Gasteiger partial charge in [0.15, 0.2) is 0 Å². The first-order valence-electron chi connectivity index (χ1n) is 26.3. The molecular weight excluding hydrogens is 850 g/mol. The minimum Gasteiger partial charge on any atom is -0.440 e. The lowest BCUT2D eigenvalue weighted by Gasteiger charge is -2.43. The minimum absolute atomic E-state index is 0.0165. The third-order valence-electron chi connectivity index (χ3n) is 16.4. The average molecular weight is 922 g/mol. The zero-order chi connectivity index (χ0) is 49.0. The maximum atomic E-state index is 7.53. The Morgan fingerprint density at radius 2 is 1.39 bits per heavy atom. The Bertz CT molecular complexity index is 3210. The van der Waals surface area contributed by atoms with Gasteiger partial charge < -0.3 is 14.2 Å². The summed E-state index contributed by atoms with van der Waals surface area (Å²) in [6, 6.07) is 35.9. The number of rotatable bonds is 8. The summed E-state index contributed by atoms with van der Waals surface area (Å²) in [5, 5.41) is 1.21. The molecule has 0 radical (unpaired) electrons. The van der Waals surface area contributed by atoms with Gasteiger partial charge in [-0.25, -0.2) is 0 Å². The zero-order valence-electron chi connectivity index (χ0n) is 43.9. The average Bonchev–Trinajstić information content (AvgIpc) is 4.00. The van der Waals surface area contributed by atoms with Crippen LogP contribution in [-0.2, 0) is 16.2 Å². The second kappa shape index (κ2) is 17.0. The standard InChI is InChI=1S/C65H72BN3O/c1-13-65(11,12)54-40-59-52(39-53(54)64(8,9)10)60-62(70-59)69(50-32-26-46(27-33-50)63(5,6)7)58-38-45(44-24-30-49(31-25-44)67(47-18-14-15-19-47)48-28-21-41(2)22-29-48)37-57-61(58)66(60)55-34-23-43(4)36-56(55)68(57)51-20-16-17-42(3)35-51/h14,16-18,20-21,23-24,26-41,44,47H,13,15,19,22,25H2,1-12H3. The summed E-state index contributed by atoms with van der Waals surface area (Å²) >= 11 is 0. The number of furan rings is 1. The quantitative estimate of drug-likeness (QED) is 0.112. The van der Waals surface area contributed by atoms with Gasteiger partial charge in [0.05, 0.1) is 6.04 Å². The molecule has 2 aliphatic heterocycles.